The summed E-state index contributed by atoms with van der Waals surface area (Å²) in [7, 11) is 0. The molecule has 0 fully saturated rings. The van der Waals surface area contributed by atoms with Crippen LogP contribution in [0.25, 0.3) is 0 Å². The second-order valence-corrected chi connectivity index (χ2v) is 0. The molecular formula is BiCoFeMoNi. The van der Waals surface area contributed by atoms with Crippen molar-refractivity contribution < 1.29 is 71.4 Å². The topological polar surface area (TPSA) is 0 Å². The van der Waals surface area contributed by atoms with Crippen molar-refractivity contribution >= 4 is 26.2 Å². The van der Waals surface area contributed by atoms with Crippen molar-refractivity contribution in [3.8, 4) is 0 Å². The van der Waals surface area contributed by atoms with Gasteiger partial charge in [-0.05, 0) is 0 Å². The van der Waals surface area contributed by atoms with Crippen LogP contribution in [0.2, 0.25) is 0 Å². The molecule has 5 heteroatoms. The second kappa shape index (κ2) is 27.5. The van der Waals surface area contributed by atoms with Gasteiger partial charge in [0.25, 0.3) is 0 Å². The minimum atomic E-state index is 0. The Morgan fingerprint density at radius 1 is 1.00 bits per heavy atom. The third-order valence-corrected chi connectivity index (χ3v) is 0. The van der Waals surface area contributed by atoms with Crippen molar-refractivity contribution in [1.29, 1.82) is 0 Å². The summed E-state index contributed by atoms with van der Waals surface area (Å²) in [6, 6.07) is 0. The maximum atomic E-state index is 0. The van der Waals surface area contributed by atoms with Crippen molar-refractivity contribution in [3.05, 3.63) is 0 Å². The Bertz CT molecular complexity index is 11.6. The van der Waals surface area contributed by atoms with E-state index in [0.29, 0.717) is 0 Å². The first-order chi connectivity index (χ1) is 0. The van der Waals surface area contributed by atoms with Gasteiger partial charge < -0.3 is 0 Å². The third-order valence-electron chi connectivity index (χ3n) is 0. The van der Waals surface area contributed by atoms with Crippen molar-refractivity contribution in [1.82, 2.24) is 0 Å². The SMILES string of the molecule is [Bi].[Co].[Fe].[Mo].[Ni]. The second-order valence-electron chi connectivity index (χ2n) is 0. The van der Waals surface area contributed by atoms with Crippen molar-refractivity contribution in [2.75, 3.05) is 0 Å². The molecule has 0 aromatic rings. The Morgan fingerprint density at radius 2 is 1.00 bits per heavy atom. The van der Waals surface area contributed by atoms with E-state index in [0.717, 1.165) is 0 Å². The molecule has 0 atom stereocenters. The maximum absolute atomic E-state index is 0. The molecule has 38 valence electrons. The minimum absolute atomic E-state index is 0. The van der Waals surface area contributed by atoms with E-state index in [1.165, 1.54) is 0 Å². The van der Waals surface area contributed by atoms with Crippen LogP contribution >= 0.6 is 0 Å². The molecule has 0 aromatic heterocycles. The number of hydrogen-bond acceptors (Lipinski definition) is 0. The monoisotopic (exact) mass is 480 g/mol. The van der Waals surface area contributed by atoms with Gasteiger partial charge in [-0.15, -0.1) is 0 Å². The minimum Gasteiger partial charge on any atom is 0 e. The van der Waals surface area contributed by atoms with E-state index < -0.39 is 0 Å². The largest absolute Gasteiger partial charge is 0 e. The smallest absolute Gasteiger partial charge is 0 e. The summed E-state index contributed by atoms with van der Waals surface area (Å²) in [5.74, 6) is 0. The van der Waals surface area contributed by atoms with Crippen LogP contribution in [0.1, 0.15) is 0 Å². The molecule has 0 spiro atoms. The van der Waals surface area contributed by atoms with Gasteiger partial charge in [0.1, 0.15) is 0 Å². The molecule has 0 amide bonds. The Hall–Kier alpha value is 3.09. The van der Waals surface area contributed by atoms with E-state index in [4.69, 9.17) is 0 Å². The van der Waals surface area contributed by atoms with E-state index in [2.05, 4.69) is 0 Å². The fraction of sp³-hybridized carbons (Fsp3) is 0. The number of hydrogen-bond donors (Lipinski definition) is 0. The zero-order valence-electron chi connectivity index (χ0n) is 1.86. The van der Waals surface area contributed by atoms with Crippen LogP contribution in [0.5, 0.6) is 0 Å². The van der Waals surface area contributed by atoms with E-state index in [9.17, 15) is 0 Å². The van der Waals surface area contributed by atoms with Crippen LogP contribution in [0, 0.1) is 0 Å². The fourth-order valence-electron chi connectivity index (χ4n) is 0. The van der Waals surface area contributed by atoms with Crippen LogP contribution in [0.3, 0.4) is 0 Å². The zero-order valence-corrected chi connectivity index (χ0v) is 10.5. The van der Waals surface area contributed by atoms with Crippen molar-refractivity contribution in [3.63, 3.8) is 0 Å². The first-order valence-electron chi connectivity index (χ1n) is 0. The summed E-state index contributed by atoms with van der Waals surface area (Å²) >= 11 is 0. The molecule has 4 radical (unpaired) electrons. The van der Waals surface area contributed by atoms with Gasteiger partial charge in [0.05, 0.1) is 0 Å². The molecule has 0 bridgehead atoms. The Labute approximate surface area is 96.0 Å². The van der Waals surface area contributed by atoms with Gasteiger partial charge in [0.2, 0.25) is 0 Å². The van der Waals surface area contributed by atoms with Crippen LogP contribution in [-0.4, -0.2) is 26.2 Å². The first-order valence-corrected chi connectivity index (χ1v) is 0. The third kappa shape index (κ3) is 19.2. The van der Waals surface area contributed by atoms with E-state index in [1.807, 2.05) is 0 Å². The molecule has 0 aliphatic rings. The maximum Gasteiger partial charge on any atom is 0 e. The molecular weight excluding hydrogens is 478 g/mol. The molecule has 0 heterocycles. The predicted molar refractivity (Wildman–Crippen MR) is 5.75 cm³/mol. The molecule has 0 aliphatic carbocycles. The van der Waals surface area contributed by atoms with Crippen LogP contribution < -0.4 is 0 Å². The molecule has 0 saturated carbocycles. The van der Waals surface area contributed by atoms with Gasteiger partial charge in [-0.2, -0.15) is 0 Å². The quantitative estimate of drug-likeness (QED) is 0.417. The normalized spacial score (nSPS) is 0. The van der Waals surface area contributed by atoms with E-state index in [1.54, 1.807) is 0 Å². The molecule has 0 aliphatic heterocycles. The van der Waals surface area contributed by atoms with Crippen LogP contribution in [-0.2, 0) is 71.4 Å². The van der Waals surface area contributed by atoms with Gasteiger partial charge in [-0.3, -0.25) is 0 Å². The molecule has 5 heavy (non-hydrogen) atoms. The molecule has 0 N–H and O–H groups in total. The summed E-state index contributed by atoms with van der Waals surface area (Å²) in [5.41, 5.74) is 0. The fourth-order valence-corrected chi connectivity index (χ4v) is 0. The number of rotatable bonds is 0. The molecule has 0 nitrogen and oxygen atoms in total. The van der Waals surface area contributed by atoms with Crippen LogP contribution in [0.4, 0.5) is 0 Å². The molecule has 0 saturated heterocycles. The van der Waals surface area contributed by atoms with Crippen molar-refractivity contribution in [2.24, 2.45) is 0 Å². The summed E-state index contributed by atoms with van der Waals surface area (Å²) in [4.78, 5) is 0. The van der Waals surface area contributed by atoms with Crippen molar-refractivity contribution in [2.45, 2.75) is 0 Å². The molecule has 0 aromatic carbocycles. The Balaban J connectivity index is 0. The summed E-state index contributed by atoms with van der Waals surface area (Å²) in [6.45, 7) is 0. The summed E-state index contributed by atoms with van der Waals surface area (Å²) in [5, 5.41) is 0. The average Bonchev–Trinajstić information content (AvgIpc) is 0. The zero-order chi connectivity index (χ0) is 0. The molecule has 0 unspecified atom stereocenters. The summed E-state index contributed by atoms with van der Waals surface area (Å²) in [6.07, 6.45) is 0. The van der Waals surface area contributed by atoms with Gasteiger partial charge in [0.15, 0.2) is 0 Å². The predicted octanol–water partition coefficient (Wildman–Crippen LogP) is -0.391. The molecule has 0 rings (SSSR count). The Morgan fingerprint density at radius 3 is 1.00 bits per heavy atom. The standard InChI is InChI=1S/Bi.Co.Fe.Mo.Ni. The van der Waals surface area contributed by atoms with E-state index in [-0.39, 0.29) is 97.6 Å². The van der Waals surface area contributed by atoms with Crippen LogP contribution in [0.15, 0.2) is 0 Å². The Kier molecular flexibility index (Phi) is 235. The van der Waals surface area contributed by atoms with Gasteiger partial charge in [-0.1, -0.05) is 0 Å². The average molecular weight is 478 g/mol. The van der Waals surface area contributed by atoms with Gasteiger partial charge in [-0.25, -0.2) is 0 Å². The van der Waals surface area contributed by atoms with E-state index >= 15 is 0 Å². The van der Waals surface area contributed by atoms with Gasteiger partial charge >= 0.3 is 0 Å². The first kappa shape index (κ1) is 42.6. The van der Waals surface area contributed by atoms with Gasteiger partial charge in [0, 0.05) is 97.6 Å². The summed E-state index contributed by atoms with van der Waals surface area (Å²) < 4.78 is 0.